The van der Waals surface area contributed by atoms with E-state index in [4.69, 9.17) is 0 Å². The minimum atomic E-state index is -0.212. The zero-order chi connectivity index (χ0) is 19.2. The second-order valence-corrected chi connectivity index (χ2v) is 7.64. The molecule has 2 aromatic rings. The maximum Gasteiger partial charge on any atom is 0.0973 e. The van der Waals surface area contributed by atoms with E-state index in [1.54, 1.807) is 0 Å². The zero-order valence-electron chi connectivity index (χ0n) is 17.5. The fourth-order valence-corrected chi connectivity index (χ4v) is 4.20. The van der Waals surface area contributed by atoms with Gasteiger partial charge in [-0.2, -0.15) is 5.26 Å². The molecule has 2 aromatic carbocycles. The topological polar surface area (TPSA) is 23.8 Å². The summed E-state index contributed by atoms with van der Waals surface area (Å²) in [5.74, 6) is -0.212. The van der Waals surface area contributed by atoms with E-state index in [1.165, 1.54) is 66.8 Å². The fraction of sp³-hybridized carbons (Fsp3) is 0.458. The molecule has 0 N–H and O–H groups in total. The molecule has 1 heteroatoms. The summed E-state index contributed by atoms with van der Waals surface area (Å²) in [4.78, 5) is 0. The second kappa shape index (κ2) is 6.68. The van der Waals surface area contributed by atoms with Crippen molar-refractivity contribution in [3.63, 3.8) is 0 Å². The van der Waals surface area contributed by atoms with Crippen molar-refractivity contribution in [3.8, 4) is 6.07 Å². The minimum Gasteiger partial charge on any atom is -0.197 e. The third-order valence-corrected chi connectivity index (χ3v) is 6.82. The third-order valence-electron chi connectivity index (χ3n) is 6.82. The molecule has 0 heterocycles. The first-order chi connectivity index (χ1) is 11.6. The normalized spacial score (nSPS) is 11.1. The van der Waals surface area contributed by atoms with Crippen LogP contribution in [0.2, 0.25) is 0 Å². The Kier molecular flexibility index (Phi) is 5.14. The molecule has 0 amide bonds. The molecule has 25 heavy (non-hydrogen) atoms. The number of hydrogen-bond acceptors (Lipinski definition) is 1. The van der Waals surface area contributed by atoms with E-state index in [9.17, 15) is 5.26 Å². The monoisotopic (exact) mass is 333 g/mol. The van der Waals surface area contributed by atoms with Crippen LogP contribution in [-0.2, 0) is 0 Å². The van der Waals surface area contributed by atoms with Crippen molar-refractivity contribution < 1.29 is 0 Å². The lowest BCUT2D eigenvalue weighted by Gasteiger charge is -2.26. The maximum atomic E-state index is 10.2. The van der Waals surface area contributed by atoms with E-state index >= 15 is 0 Å². The van der Waals surface area contributed by atoms with Crippen molar-refractivity contribution in [1.29, 1.82) is 5.26 Å². The first-order valence-electron chi connectivity index (χ1n) is 9.09. The van der Waals surface area contributed by atoms with Gasteiger partial charge < -0.3 is 0 Å². The van der Waals surface area contributed by atoms with E-state index in [0.29, 0.717) is 0 Å². The van der Waals surface area contributed by atoms with Crippen LogP contribution in [-0.4, -0.2) is 0 Å². The highest BCUT2D eigenvalue weighted by molar-refractivity contribution is 5.60. The molecule has 0 spiro atoms. The molecule has 0 radical (unpaired) electrons. The summed E-state index contributed by atoms with van der Waals surface area (Å²) < 4.78 is 0. The zero-order valence-corrected chi connectivity index (χ0v) is 17.5. The van der Waals surface area contributed by atoms with Gasteiger partial charge in [0.1, 0.15) is 0 Å². The average molecular weight is 334 g/mol. The van der Waals surface area contributed by atoms with Crippen molar-refractivity contribution in [2.75, 3.05) is 0 Å². The van der Waals surface area contributed by atoms with Gasteiger partial charge >= 0.3 is 0 Å². The van der Waals surface area contributed by atoms with Crippen LogP contribution < -0.4 is 0 Å². The standard InChI is InChI=1S/C24H31N/c1-12-14(3)18(7)23(19(8)15(12)4)22(11-25)24-20(9)16(5)13(2)17(6)21(24)10/h22H,1-10H3. The van der Waals surface area contributed by atoms with Gasteiger partial charge in [-0.1, -0.05) is 0 Å². The first-order valence-corrected chi connectivity index (χ1v) is 9.09. The van der Waals surface area contributed by atoms with Gasteiger partial charge in [0.25, 0.3) is 0 Å². The fourth-order valence-electron chi connectivity index (χ4n) is 4.20. The van der Waals surface area contributed by atoms with Gasteiger partial charge in [-0.25, -0.2) is 0 Å². The van der Waals surface area contributed by atoms with Crippen molar-refractivity contribution in [1.82, 2.24) is 0 Å². The highest BCUT2D eigenvalue weighted by atomic mass is 14.3. The van der Waals surface area contributed by atoms with Crippen LogP contribution in [0.25, 0.3) is 0 Å². The van der Waals surface area contributed by atoms with Crippen molar-refractivity contribution in [2.45, 2.75) is 75.2 Å². The Morgan fingerprint density at radius 1 is 0.440 bits per heavy atom. The summed E-state index contributed by atoms with van der Waals surface area (Å²) in [7, 11) is 0. The quantitative estimate of drug-likeness (QED) is 0.621. The van der Waals surface area contributed by atoms with E-state index in [1.807, 2.05) is 0 Å². The molecule has 0 unspecified atom stereocenters. The first kappa shape index (κ1) is 19.3. The van der Waals surface area contributed by atoms with Gasteiger partial charge in [-0.05, 0) is 136 Å². The molecule has 0 aliphatic carbocycles. The molecule has 0 saturated heterocycles. The molecule has 0 aromatic heterocycles. The third kappa shape index (κ3) is 2.78. The molecule has 0 aliphatic rings. The number of rotatable bonds is 2. The number of hydrogen-bond donors (Lipinski definition) is 0. The molecular formula is C24H31N. The van der Waals surface area contributed by atoms with Crippen molar-refractivity contribution in [3.05, 3.63) is 66.8 Å². The van der Waals surface area contributed by atoms with E-state index in [2.05, 4.69) is 75.3 Å². The second-order valence-electron chi connectivity index (χ2n) is 7.64. The summed E-state index contributed by atoms with van der Waals surface area (Å²) in [6, 6.07) is 2.65. The summed E-state index contributed by atoms with van der Waals surface area (Å²) in [5, 5.41) is 10.2. The van der Waals surface area contributed by atoms with Gasteiger partial charge in [0, 0.05) is 0 Å². The molecule has 0 aliphatic heterocycles. The molecular weight excluding hydrogens is 302 g/mol. The Balaban J connectivity index is 2.93. The smallest absolute Gasteiger partial charge is 0.0973 e. The Labute approximate surface area is 153 Å². The number of nitrogens with zero attached hydrogens (tertiary/aromatic N) is 1. The van der Waals surface area contributed by atoms with Gasteiger partial charge in [-0.15, -0.1) is 0 Å². The van der Waals surface area contributed by atoms with Crippen molar-refractivity contribution in [2.24, 2.45) is 0 Å². The van der Waals surface area contributed by atoms with E-state index in [-0.39, 0.29) is 5.92 Å². The lowest BCUT2D eigenvalue weighted by molar-refractivity contribution is 0.938. The predicted molar refractivity (Wildman–Crippen MR) is 108 cm³/mol. The van der Waals surface area contributed by atoms with E-state index < -0.39 is 0 Å². The van der Waals surface area contributed by atoms with Crippen molar-refractivity contribution >= 4 is 0 Å². The summed E-state index contributed by atoms with van der Waals surface area (Å²) in [6.07, 6.45) is 0. The lowest BCUT2D eigenvalue weighted by Crippen LogP contribution is -2.13. The summed E-state index contributed by atoms with van der Waals surface area (Å²) in [5.41, 5.74) is 15.4. The van der Waals surface area contributed by atoms with Gasteiger partial charge in [-0.3, -0.25) is 0 Å². The van der Waals surface area contributed by atoms with Crippen LogP contribution in [0.3, 0.4) is 0 Å². The molecule has 132 valence electrons. The highest BCUT2D eigenvalue weighted by Gasteiger charge is 2.26. The number of benzene rings is 2. The van der Waals surface area contributed by atoms with Crippen LogP contribution in [0.5, 0.6) is 0 Å². The Bertz CT molecular complexity index is 780. The largest absolute Gasteiger partial charge is 0.197 e. The molecule has 1 nitrogen and oxygen atoms in total. The van der Waals surface area contributed by atoms with Crippen LogP contribution in [0, 0.1) is 80.6 Å². The Morgan fingerprint density at radius 2 is 0.640 bits per heavy atom. The van der Waals surface area contributed by atoms with Crippen LogP contribution in [0.15, 0.2) is 0 Å². The number of nitriles is 1. The Hall–Kier alpha value is -2.07. The predicted octanol–water partition coefficient (Wildman–Crippen LogP) is 6.43. The average Bonchev–Trinajstić information content (AvgIpc) is 2.60. The lowest BCUT2D eigenvalue weighted by atomic mass is 9.76. The molecule has 0 saturated carbocycles. The SMILES string of the molecule is Cc1c(C)c(C)c(C(C#N)c2c(C)c(C)c(C)c(C)c2C)c(C)c1C. The summed E-state index contributed by atoms with van der Waals surface area (Å²) >= 11 is 0. The van der Waals surface area contributed by atoms with Crippen LogP contribution in [0.1, 0.15) is 72.7 Å². The maximum absolute atomic E-state index is 10.2. The highest BCUT2D eigenvalue weighted by Crippen LogP contribution is 2.39. The molecule has 0 bridgehead atoms. The molecule has 0 fully saturated rings. The molecule has 2 rings (SSSR count). The van der Waals surface area contributed by atoms with Gasteiger partial charge in [0.05, 0.1) is 12.0 Å². The Morgan fingerprint density at radius 3 is 0.840 bits per heavy atom. The van der Waals surface area contributed by atoms with Crippen LogP contribution in [0.4, 0.5) is 0 Å². The van der Waals surface area contributed by atoms with Gasteiger partial charge in [0.15, 0.2) is 0 Å². The molecule has 0 atom stereocenters. The summed E-state index contributed by atoms with van der Waals surface area (Å²) in [6.45, 7) is 21.8. The van der Waals surface area contributed by atoms with Gasteiger partial charge in [0.2, 0.25) is 0 Å². The van der Waals surface area contributed by atoms with E-state index in [0.717, 1.165) is 0 Å². The minimum absolute atomic E-state index is 0.212. The van der Waals surface area contributed by atoms with Crippen LogP contribution >= 0.6 is 0 Å².